The molecule has 2 aromatic rings. The lowest BCUT2D eigenvalue weighted by molar-refractivity contribution is -0.132. The van der Waals surface area contributed by atoms with Crippen LogP contribution in [0.25, 0.3) is 6.08 Å². The molecule has 1 unspecified atom stereocenters. The molecule has 0 saturated carbocycles. The maximum absolute atomic E-state index is 12.8. The normalized spacial score (nSPS) is 16.4. The van der Waals surface area contributed by atoms with E-state index in [0.29, 0.717) is 16.8 Å². The van der Waals surface area contributed by atoms with E-state index < -0.39 is 6.04 Å². The summed E-state index contributed by atoms with van der Waals surface area (Å²) in [6, 6.07) is 7.12. The Labute approximate surface area is 186 Å². The van der Waals surface area contributed by atoms with Gasteiger partial charge in [0.15, 0.2) is 0 Å². The third-order valence-corrected chi connectivity index (χ3v) is 6.39. The number of nitrogens with one attached hydrogen (secondary N) is 1. The van der Waals surface area contributed by atoms with E-state index in [1.54, 1.807) is 27.4 Å². The van der Waals surface area contributed by atoms with Gasteiger partial charge in [0.25, 0.3) is 0 Å². The van der Waals surface area contributed by atoms with E-state index in [1.165, 1.54) is 6.08 Å². The zero-order valence-corrected chi connectivity index (χ0v) is 19.1. The fraction of sp³-hybridized carbons (Fsp3) is 0.409. The van der Waals surface area contributed by atoms with Gasteiger partial charge in [0, 0.05) is 29.6 Å². The highest BCUT2D eigenvalue weighted by atomic mass is 35.5. The first-order chi connectivity index (χ1) is 14.4. The zero-order valence-electron chi connectivity index (χ0n) is 17.5. The number of carbonyl (C=O) groups is 2. The first-order valence-electron chi connectivity index (χ1n) is 10.1. The van der Waals surface area contributed by atoms with Gasteiger partial charge in [-0.15, -0.1) is 11.8 Å². The molecular formula is C22H27ClN4O2S. The highest BCUT2D eigenvalue weighted by Gasteiger charge is 2.33. The minimum Gasteiger partial charge on any atom is -0.324 e. The Balaban J connectivity index is 1.68. The summed E-state index contributed by atoms with van der Waals surface area (Å²) in [5.74, 6) is 0.680. The number of aromatic nitrogens is 2. The van der Waals surface area contributed by atoms with Crippen molar-refractivity contribution in [2.45, 2.75) is 46.2 Å². The molecule has 1 atom stereocenters. The third-order valence-electron chi connectivity index (χ3n) is 4.98. The molecule has 1 aromatic heterocycles. The van der Waals surface area contributed by atoms with E-state index in [1.807, 2.05) is 38.1 Å². The van der Waals surface area contributed by atoms with Crippen molar-refractivity contribution in [1.82, 2.24) is 14.7 Å². The fourth-order valence-corrected chi connectivity index (χ4v) is 4.77. The lowest BCUT2D eigenvalue weighted by Crippen LogP contribution is -2.43. The van der Waals surface area contributed by atoms with Crippen molar-refractivity contribution in [2.24, 2.45) is 0 Å². The number of benzene rings is 1. The SMILES string of the molecule is CCCCn1nc(C)c(/C=C/C(=O)N2CSCC2C(=O)Nc2cccc(C)c2)c1Cl. The number of anilines is 1. The highest BCUT2D eigenvalue weighted by molar-refractivity contribution is 7.99. The Morgan fingerprint density at radius 3 is 2.90 bits per heavy atom. The Kier molecular flexibility index (Phi) is 7.61. The van der Waals surface area contributed by atoms with E-state index in [0.717, 1.165) is 41.9 Å². The molecule has 1 aliphatic heterocycles. The fourth-order valence-electron chi connectivity index (χ4n) is 3.29. The number of halogens is 1. The summed E-state index contributed by atoms with van der Waals surface area (Å²) < 4.78 is 1.77. The first-order valence-corrected chi connectivity index (χ1v) is 11.6. The molecule has 1 fully saturated rings. The molecular weight excluding hydrogens is 420 g/mol. The van der Waals surface area contributed by atoms with Crippen LogP contribution in [0.3, 0.4) is 0 Å². The second-order valence-electron chi connectivity index (χ2n) is 7.38. The summed E-state index contributed by atoms with van der Waals surface area (Å²) >= 11 is 8.02. The van der Waals surface area contributed by atoms with E-state index in [9.17, 15) is 9.59 Å². The van der Waals surface area contributed by atoms with Crippen LogP contribution < -0.4 is 5.32 Å². The smallest absolute Gasteiger partial charge is 0.248 e. The Morgan fingerprint density at radius 1 is 1.37 bits per heavy atom. The van der Waals surface area contributed by atoms with Crippen molar-refractivity contribution in [1.29, 1.82) is 0 Å². The van der Waals surface area contributed by atoms with E-state index in [-0.39, 0.29) is 11.8 Å². The molecule has 2 amide bonds. The van der Waals surface area contributed by atoms with Gasteiger partial charge in [0.2, 0.25) is 11.8 Å². The summed E-state index contributed by atoms with van der Waals surface area (Å²) in [6.07, 6.45) is 5.23. The number of rotatable bonds is 7. The largest absolute Gasteiger partial charge is 0.324 e. The second-order valence-corrected chi connectivity index (χ2v) is 8.74. The van der Waals surface area contributed by atoms with Gasteiger partial charge >= 0.3 is 0 Å². The number of carbonyl (C=O) groups excluding carboxylic acids is 2. The zero-order chi connectivity index (χ0) is 21.7. The monoisotopic (exact) mass is 446 g/mol. The highest BCUT2D eigenvalue weighted by Crippen LogP contribution is 2.25. The molecule has 1 aromatic carbocycles. The van der Waals surface area contributed by atoms with Crippen LogP contribution in [0.1, 0.15) is 36.6 Å². The molecule has 8 heteroatoms. The van der Waals surface area contributed by atoms with Gasteiger partial charge in [-0.1, -0.05) is 37.1 Å². The summed E-state index contributed by atoms with van der Waals surface area (Å²) in [5, 5.41) is 7.92. The van der Waals surface area contributed by atoms with Crippen molar-refractivity contribution in [2.75, 3.05) is 16.9 Å². The number of aryl methyl sites for hydroxylation is 3. The number of hydrogen-bond donors (Lipinski definition) is 1. The number of unbranched alkanes of at least 4 members (excludes halogenated alkanes) is 1. The number of thioether (sulfide) groups is 1. The van der Waals surface area contributed by atoms with Crippen LogP contribution in [0.5, 0.6) is 0 Å². The van der Waals surface area contributed by atoms with Crippen LogP contribution in [-0.4, -0.2) is 44.2 Å². The van der Waals surface area contributed by atoms with Crippen molar-refractivity contribution in [3.63, 3.8) is 0 Å². The number of amides is 2. The summed E-state index contributed by atoms with van der Waals surface area (Å²) in [4.78, 5) is 27.2. The van der Waals surface area contributed by atoms with Crippen molar-refractivity contribution in [3.8, 4) is 0 Å². The maximum Gasteiger partial charge on any atom is 0.248 e. The summed E-state index contributed by atoms with van der Waals surface area (Å²) in [5.41, 5.74) is 3.33. The number of nitrogens with zero attached hydrogens (tertiary/aromatic N) is 3. The Morgan fingerprint density at radius 2 is 2.17 bits per heavy atom. The summed E-state index contributed by atoms with van der Waals surface area (Å²) in [7, 11) is 0. The van der Waals surface area contributed by atoms with Crippen LogP contribution in [-0.2, 0) is 16.1 Å². The van der Waals surface area contributed by atoms with Crippen LogP contribution in [0, 0.1) is 13.8 Å². The standard InChI is InChI=1S/C22H27ClN4O2S/c1-4-5-11-27-21(23)18(16(3)25-27)9-10-20(28)26-14-30-13-19(26)22(29)24-17-8-6-7-15(2)12-17/h6-10,12,19H,4-5,11,13-14H2,1-3H3,(H,24,29)/b10-9+. The molecule has 1 aliphatic rings. The van der Waals surface area contributed by atoms with Crippen molar-refractivity contribution < 1.29 is 9.59 Å². The second kappa shape index (κ2) is 10.2. The average Bonchev–Trinajstić information content (AvgIpc) is 3.30. The first kappa shape index (κ1) is 22.4. The van der Waals surface area contributed by atoms with Crippen LogP contribution in [0.15, 0.2) is 30.3 Å². The molecule has 160 valence electrons. The molecule has 0 spiro atoms. The van der Waals surface area contributed by atoms with Gasteiger partial charge in [0.05, 0.1) is 11.6 Å². The predicted molar refractivity (Wildman–Crippen MR) is 124 cm³/mol. The molecule has 3 rings (SSSR count). The van der Waals surface area contributed by atoms with Gasteiger partial charge in [-0.2, -0.15) is 5.10 Å². The molecule has 1 saturated heterocycles. The van der Waals surface area contributed by atoms with Gasteiger partial charge in [-0.05, 0) is 44.0 Å². The lowest BCUT2D eigenvalue weighted by Gasteiger charge is -2.21. The molecule has 30 heavy (non-hydrogen) atoms. The van der Waals surface area contributed by atoms with E-state index in [2.05, 4.69) is 17.3 Å². The van der Waals surface area contributed by atoms with Crippen molar-refractivity contribution in [3.05, 3.63) is 52.3 Å². The van der Waals surface area contributed by atoms with Gasteiger partial charge < -0.3 is 10.2 Å². The lowest BCUT2D eigenvalue weighted by atomic mass is 10.2. The minimum atomic E-state index is -0.503. The number of hydrogen-bond acceptors (Lipinski definition) is 4. The Bertz CT molecular complexity index is 957. The van der Waals surface area contributed by atoms with E-state index >= 15 is 0 Å². The molecule has 6 nitrogen and oxygen atoms in total. The molecule has 2 heterocycles. The average molecular weight is 447 g/mol. The maximum atomic E-state index is 12.8. The molecule has 1 N–H and O–H groups in total. The molecule has 0 aliphatic carbocycles. The quantitative estimate of drug-likeness (QED) is 0.635. The van der Waals surface area contributed by atoms with Crippen LogP contribution in [0.4, 0.5) is 5.69 Å². The van der Waals surface area contributed by atoms with Crippen molar-refractivity contribution >= 4 is 46.9 Å². The van der Waals surface area contributed by atoms with Gasteiger partial charge in [0.1, 0.15) is 11.2 Å². The molecule has 0 bridgehead atoms. The summed E-state index contributed by atoms with van der Waals surface area (Å²) in [6.45, 7) is 6.72. The third kappa shape index (κ3) is 5.26. The van der Waals surface area contributed by atoms with Crippen LogP contribution >= 0.6 is 23.4 Å². The predicted octanol–water partition coefficient (Wildman–Crippen LogP) is 4.51. The van der Waals surface area contributed by atoms with Crippen LogP contribution in [0.2, 0.25) is 5.15 Å². The minimum absolute atomic E-state index is 0.172. The van der Waals surface area contributed by atoms with Gasteiger partial charge in [-0.3, -0.25) is 14.3 Å². The topological polar surface area (TPSA) is 67.2 Å². The molecule has 0 radical (unpaired) electrons. The Hall–Kier alpha value is -2.25. The van der Waals surface area contributed by atoms with E-state index in [4.69, 9.17) is 11.6 Å². The van der Waals surface area contributed by atoms with Gasteiger partial charge in [-0.25, -0.2) is 0 Å².